The molecule has 78 valence electrons. The van der Waals surface area contributed by atoms with Gasteiger partial charge in [0.1, 0.15) is 5.82 Å². The van der Waals surface area contributed by atoms with E-state index in [4.69, 9.17) is 5.73 Å². The molecule has 2 N–H and O–H groups in total. The van der Waals surface area contributed by atoms with Gasteiger partial charge in [-0.25, -0.2) is 9.97 Å². The summed E-state index contributed by atoms with van der Waals surface area (Å²) in [6.07, 6.45) is 3.44. The smallest absolute Gasteiger partial charge is 0.133 e. The first-order valence-corrected chi connectivity index (χ1v) is 5.79. The molecule has 0 aromatic carbocycles. The molecule has 0 fully saturated rings. The van der Waals surface area contributed by atoms with E-state index in [2.05, 4.69) is 21.4 Å². The minimum Gasteiger partial charge on any atom is -0.330 e. The SMILES string of the molecule is NCCc1ccnc(Cc2cccs2)n1. The van der Waals surface area contributed by atoms with Crippen molar-refractivity contribution < 1.29 is 0 Å². The van der Waals surface area contributed by atoms with Crippen molar-refractivity contribution in [2.45, 2.75) is 12.8 Å². The van der Waals surface area contributed by atoms with E-state index in [0.717, 1.165) is 24.4 Å². The van der Waals surface area contributed by atoms with Gasteiger partial charge in [-0.1, -0.05) is 6.07 Å². The Kier molecular flexibility index (Phi) is 3.42. The number of aromatic nitrogens is 2. The lowest BCUT2D eigenvalue weighted by Crippen LogP contribution is -2.06. The highest BCUT2D eigenvalue weighted by Crippen LogP contribution is 2.12. The second kappa shape index (κ2) is 5.00. The Labute approximate surface area is 93.0 Å². The van der Waals surface area contributed by atoms with Gasteiger partial charge >= 0.3 is 0 Å². The normalized spacial score (nSPS) is 10.5. The Hall–Kier alpha value is -1.26. The maximum absolute atomic E-state index is 5.49. The third kappa shape index (κ3) is 2.84. The highest BCUT2D eigenvalue weighted by Gasteiger charge is 2.01. The van der Waals surface area contributed by atoms with Crippen LogP contribution >= 0.6 is 11.3 Å². The Balaban J connectivity index is 2.11. The van der Waals surface area contributed by atoms with Gasteiger partial charge in [0.2, 0.25) is 0 Å². The highest BCUT2D eigenvalue weighted by molar-refractivity contribution is 7.09. The van der Waals surface area contributed by atoms with E-state index in [1.165, 1.54) is 4.88 Å². The zero-order valence-electron chi connectivity index (χ0n) is 8.39. The van der Waals surface area contributed by atoms with Gasteiger partial charge in [-0.2, -0.15) is 0 Å². The molecule has 0 radical (unpaired) electrons. The molecule has 0 amide bonds. The number of rotatable bonds is 4. The molecular formula is C11H13N3S. The van der Waals surface area contributed by atoms with Gasteiger partial charge in [0.25, 0.3) is 0 Å². The summed E-state index contributed by atoms with van der Waals surface area (Å²) in [5.41, 5.74) is 6.52. The number of hydrogen-bond donors (Lipinski definition) is 1. The summed E-state index contributed by atoms with van der Waals surface area (Å²) in [5, 5.41) is 2.07. The van der Waals surface area contributed by atoms with Crippen LogP contribution in [-0.4, -0.2) is 16.5 Å². The topological polar surface area (TPSA) is 51.8 Å². The zero-order chi connectivity index (χ0) is 10.5. The molecule has 0 saturated carbocycles. The molecule has 3 nitrogen and oxygen atoms in total. The molecule has 0 spiro atoms. The van der Waals surface area contributed by atoms with Gasteiger partial charge in [-0.05, 0) is 24.1 Å². The Morgan fingerprint density at radius 2 is 2.27 bits per heavy atom. The van der Waals surface area contributed by atoms with Crippen molar-refractivity contribution in [2.75, 3.05) is 6.54 Å². The van der Waals surface area contributed by atoms with Gasteiger partial charge in [0.05, 0.1) is 0 Å². The fourth-order valence-electron chi connectivity index (χ4n) is 1.38. The summed E-state index contributed by atoms with van der Waals surface area (Å²) >= 11 is 1.73. The molecule has 0 atom stereocenters. The van der Waals surface area contributed by atoms with Crippen molar-refractivity contribution in [3.05, 3.63) is 46.2 Å². The fraction of sp³-hybridized carbons (Fsp3) is 0.273. The lowest BCUT2D eigenvalue weighted by atomic mass is 10.3. The summed E-state index contributed by atoms with van der Waals surface area (Å²) in [5.74, 6) is 0.878. The van der Waals surface area contributed by atoms with E-state index >= 15 is 0 Å². The minimum absolute atomic E-state index is 0.634. The predicted octanol–water partition coefficient (Wildman–Crippen LogP) is 1.63. The Morgan fingerprint density at radius 1 is 1.33 bits per heavy atom. The molecule has 2 aromatic heterocycles. The molecule has 2 rings (SSSR count). The molecule has 15 heavy (non-hydrogen) atoms. The largest absolute Gasteiger partial charge is 0.330 e. The van der Waals surface area contributed by atoms with Crippen molar-refractivity contribution in [2.24, 2.45) is 5.73 Å². The van der Waals surface area contributed by atoms with Crippen LogP contribution in [0.4, 0.5) is 0 Å². The van der Waals surface area contributed by atoms with E-state index in [1.54, 1.807) is 17.5 Å². The van der Waals surface area contributed by atoms with E-state index in [-0.39, 0.29) is 0 Å². The molecule has 4 heteroatoms. The van der Waals surface area contributed by atoms with Crippen LogP contribution in [0.5, 0.6) is 0 Å². The first-order valence-electron chi connectivity index (χ1n) is 4.92. The van der Waals surface area contributed by atoms with Gasteiger partial charge in [-0.15, -0.1) is 11.3 Å². The zero-order valence-corrected chi connectivity index (χ0v) is 9.20. The Bertz CT molecular complexity index is 412. The van der Waals surface area contributed by atoms with Crippen LogP contribution in [0, 0.1) is 0 Å². The molecule has 2 heterocycles. The van der Waals surface area contributed by atoms with Crippen LogP contribution in [0.1, 0.15) is 16.4 Å². The van der Waals surface area contributed by atoms with Gasteiger partial charge in [-0.3, -0.25) is 0 Å². The van der Waals surface area contributed by atoms with E-state index < -0.39 is 0 Å². The molecule has 0 bridgehead atoms. The molecule has 0 saturated heterocycles. The first kappa shape index (κ1) is 10.3. The van der Waals surface area contributed by atoms with Crippen LogP contribution < -0.4 is 5.73 Å². The fourth-order valence-corrected chi connectivity index (χ4v) is 2.08. The second-order valence-electron chi connectivity index (χ2n) is 3.26. The van der Waals surface area contributed by atoms with Crippen molar-refractivity contribution in [3.8, 4) is 0 Å². The molecular weight excluding hydrogens is 206 g/mol. The van der Waals surface area contributed by atoms with Crippen LogP contribution in [0.2, 0.25) is 0 Å². The van der Waals surface area contributed by atoms with Crippen molar-refractivity contribution in [3.63, 3.8) is 0 Å². The number of nitrogens with zero attached hydrogens (tertiary/aromatic N) is 2. The van der Waals surface area contributed by atoms with Crippen molar-refractivity contribution in [1.29, 1.82) is 0 Å². The molecule has 0 aliphatic carbocycles. The van der Waals surface area contributed by atoms with E-state index in [1.807, 2.05) is 12.1 Å². The maximum atomic E-state index is 5.49. The highest BCUT2D eigenvalue weighted by atomic mass is 32.1. The van der Waals surface area contributed by atoms with Crippen LogP contribution in [-0.2, 0) is 12.8 Å². The number of hydrogen-bond acceptors (Lipinski definition) is 4. The average Bonchev–Trinajstić information content (AvgIpc) is 2.71. The van der Waals surface area contributed by atoms with Crippen LogP contribution in [0.25, 0.3) is 0 Å². The second-order valence-corrected chi connectivity index (χ2v) is 4.29. The van der Waals surface area contributed by atoms with Gasteiger partial charge in [0.15, 0.2) is 0 Å². The number of thiophene rings is 1. The summed E-state index contributed by atoms with van der Waals surface area (Å²) in [6.45, 7) is 0.634. The summed E-state index contributed by atoms with van der Waals surface area (Å²) in [6, 6.07) is 6.07. The van der Waals surface area contributed by atoms with E-state index in [9.17, 15) is 0 Å². The summed E-state index contributed by atoms with van der Waals surface area (Å²) < 4.78 is 0. The van der Waals surface area contributed by atoms with E-state index in [0.29, 0.717) is 6.54 Å². The molecule has 2 aromatic rings. The van der Waals surface area contributed by atoms with Crippen molar-refractivity contribution >= 4 is 11.3 Å². The lowest BCUT2D eigenvalue weighted by molar-refractivity contribution is 0.869. The predicted molar refractivity (Wildman–Crippen MR) is 61.9 cm³/mol. The third-order valence-electron chi connectivity index (χ3n) is 2.08. The van der Waals surface area contributed by atoms with Gasteiger partial charge in [0, 0.05) is 29.6 Å². The lowest BCUT2D eigenvalue weighted by Gasteiger charge is -2.00. The quantitative estimate of drug-likeness (QED) is 0.850. The number of nitrogens with two attached hydrogens (primary N) is 1. The Morgan fingerprint density at radius 3 is 3.00 bits per heavy atom. The third-order valence-corrected chi connectivity index (χ3v) is 2.95. The van der Waals surface area contributed by atoms with Crippen LogP contribution in [0.3, 0.4) is 0 Å². The van der Waals surface area contributed by atoms with Gasteiger partial charge < -0.3 is 5.73 Å². The molecule has 0 aliphatic heterocycles. The minimum atomic E-state index is 0.634. The van der Waals surface area contributed by atoms with Crippen LogP contribution in [0.15, 0.2) is 29.8 Å². The molecule has 0 aliphatic rings. The summed E-state index contributed by atoms with van der Waals surface area (Å²) in [4.78, 5) is 10.00. The monoisotopic (exact) mass is 219 g/mol. The maximum Gasteiger partial charge on any atom is 0.133 e. The summed E-state index contributed by atoms with van der Waals surface area (Å²) in [7, 11) is 0. The molecule has 0 unspecified atom stereocenters. The standard InChI is InChI=1S/C11H13N3S/c12-5-3-9-4-6-13-11(14-9)8-10-2-1-7-15-10/h1-2,4,6-7H,3,5,8,12H2. The average molecular weight is 219 g/mol. The first-order chi connectivity index (χ1) is 7.38. The van der Waals surface area contributed by atoms with Crippen molar-refractivity contribution in [1.82, 2.24) is 9.97 Å².